The first kappa shape index (κ1) is 19.9. The molecule has 1 aliphatic carbocycles. The topological polar surface area (TPSA) is 117 Å². The average Bonchev–Trinajstić information content (AvgIpc) is 3.54. The molecule has 1 fully saturated rings. The second-order valence-electron chi connectivity index (χ2n) is 7.20. The van der Waals surface area contributed by atoms with Gasteiger partial charge in [0.25, 0.3) is 16.7 Å². The lowest BCUT2D eigenvalue weighted by atomic mass is 10.2. The summed E-state index contributed by atoms with van der Waals surface area (Å²) in [6.07, 6.45) is 3.08. The number of carbonyl (C=O) groups excluding carboxylic acids is 2. The number of pyridine rings is 1. The smallest absolute Gasteiger partial charge is 0.330 e. The van der Waals surface area contributed by atoms with Crippen LogP contribution in [0.3, 0.4) is 0 Å². The SMILES string of the molecule is CN(C)C(=O)Sc1ccc(NC(=O)c2cnc3c(c2)c(=O)[nH]c(=O)n3C2CC2)cc1. The molecule has 0 unspecified atom stereocenters. The van der Waals surface area contributed by atoms with Gasteiger partial charge in [0.1, 0.15) is 5.65 Å². The third-order valence-electron chi connectivity index (χ3n) is 4.64. The van der Waals surface area contributed by atoms with Crippen molar-refractivity contribution >= 4 is 39.6 Å². The van der Waals surface area contributed by atoms with Crippen LogP contribution in [0, 0.1) is 0 Å². The van der Waals surface area contributed by atoms with Gasteiger partial charge in [-0.1, -0.05) is 0 Å². The lowest BCUT2D eigenvalue weighted by molar-refractivity contribution is 0.102. The molecule has 9 nitrogen and oxygen atoms in total. The summed E-state index contributed by atoms with van der Waals surface area (Å²) in [4.78, 5) is 57.4. The van der Waals surface area contributed by atoms with Crippen molar-refractivity contribution in [3.05, 3.63) is 62.9 Å². The van der Waals surface area contributed by atoms with E-state index in [-0.39, 0.29) is 27.9 Å². The molecule has 1 aliphatic rings. The van der Waals surface area contributed by atoms with Gasteiger partial charge in [0, 0.05) is 36.9 Å². The largest absolute Gasteiger partial charge is 0.339 e. The minimum Gasteiger partial charge on any atom is -0.339 e. The predicted octanol–water partition coefficient (Wildman–Crippen LogP) is 2.45. The van der Waals surface area contributed by atoms with Crippen LogP contribution in [0.1, 0.15) is 29.2 Å². The van der Waals surface area contributed by atoms with E-state index < -0.39 is 17.2 Å². The summed E-state index contributed by atoms with van der Waals surface area (Å²) in [5.41, 5.74) is -0.0185. The van der Waals surface area contributed by atoms with Crippen LogP contribution in [0.15, 0.2) is 51.0 Å². The number of nitrogens with one attached hydrogen (secondary N) is 2. The van der Waals surface area contributed by atoms with Gasteiger partial charge in [-0.25, -0.2) is 9.78 Å². The van der Waals surface area contributed by atoms with Crippen LogP contribution in [0.25, 0.3) is 11.0 Å². The van der Waals surface area contributed by atoms with Crippen LogP contribution >= 0.6 is 11.8 Å². The molecule has 0 spiro atoms. The van der Waals surface area contributed by atoms with Gasteiger partial charge in [-0.3, -0.25) is 23.9 Å². The number of rotatable bonds is 4. The molecule has 4 rings (SSSR count). The van der Waals surface area contributed by atoms with E-state index in [1.54, 1.807) is 38.4 Å². The van der Waals surface area contributed by atoms with E-state index in [0.717, 1.165) is 29.5 Å². The maximum atomic E-state index is 12.6. The fourth-order valence-electron chi connectivity index (χ4n) is 2.93. The van der Waals surface area contributed by atoms with Crippen LogP contribution in [0.2, 0.25) is 0 Å². The number of hydrogen-bond acceptors (Lipinski definition) is 6. The van der Waals surface area contributed by atoms with Crippen molar-refractivity contribution < 1.29 is 9.59 Å². The maximum Gasteiger partial charge on any atom is 0.330 e. The van der Waals surface area contributed by atoms with E-state index >= 15 is 0 Å². The van der Waals surface area contributed by atoms with Crippen LogP contribution in [0.5, 0.6) is 0 Å². The molecule has 0 aliphatic heterocycles. The highest BCUT2D eigenvalue weighted by atomic mass is 32.2. The van der Waals surface area contributed by atoms with E-state index in [9.17, 15) is 19.2 Å². The highest BCUT2D eigenvalue weighted by Crippen LogP contribution is 2.34. The molecule has 1 aromatic carbocycles. The average molecular weight is 425 g/mol. The van der Waals surface area contributed by atoms with Crippen molar-refractivity contribution in [1.29, 1.82) is 0 Å². The van der Waals surface area contributed by atoms with Crippen molar-refractivity contribution in [3.63, 3.8) is 0 Å². The number of amides is 2. The number of hydrogen-bond donors (Lipinski definition) is 2. The molecule has 0 bridgehead atoms. The standard InChI is InChI=1S/C20H19N5O4S/c1-24(2)20(29)30-14-7-3-12(4-8-14)22-17(26)11-9-15-16(21-10-11)25(13-5-6-13)19(28)23-18(15)27/h3-4,7-10,13H,5-6H2,1-2H3,(H,22,26)(H,23,27,28). The molecule has 10 heteroatoms. The van der Waals surface area contributed by atoms with Gasteiger partial charge in [-0.05, 0) is 54.9 Å². The first-order valence-corrected chi connectivity index (χ1v) is 10.1. The molecule has 2 aromatic heterocycles. The Morgan fingerprint density at radius 1 is 1.20 bits per heavy atom. The van der Waals surface area contributed by atoms with Crippen LogP contribution in [0.4, 0.5) is 10.5 Å². The molecule has 2 amide bonds. The van der Waals surface area contributed by atoms with Crippen LogP contribution < -0.4 is 16.6 Å². The van der Waals surface area contributed by atoms with Gasteiger partial charge >= 0.3 is 5.69 Å². The number of nitrogens with zero attached hydrogens (tertiary/aromatic N) is 3. The predicted molar refractivity (Wildman–Crippen MR) is 114 cm³/mol. The fraction of sp³-hybridized carbons (Fsp3) is 0.250. The monoisotopic (exact) mass is 425 g/mol. The van der Waals surface area contributed by atoms with E-state index in [1.165, 1.54) is 21.7 Å². The molecule has 1 saturated carbocycles. The number of aromatic nitrogens is 3. The number of carbonyl (C=O) groups is 2. The zero-order valence-corrected chi connectivity index (χ0v) is 17.2. The molecular formula is C20H19N5O4S. The van der Waals surface area contributed by atoms with Gasteiger partial charge in [0.05, 0.1) is 10.9 Å². The number of benzene rings is 1. The van der Waals surface area contributed by atoms with Gasteiger partial charge in [-0.15, -0.1) is 0 Å². The number of H-pyrrole nitrogens is 1. The minimum absolute atomic E-state index is 0.0415. The molecule has 0 radical (unpaired) electrons. The molecule has 30 heavy (non-hydrogen) atoms. The summed E-state index contributed by atoms with van der Waals surface area (Å²) in [5, 5.41) is 2.85. The summed E-state index contributed by atoms with van der Waals surface area (Å²) >= 11 is 1.09. The van der Waals surface area contributed by atoms with E-state index in [0.29, 0.717) is 5.69 Å². The van der Waals surface area contributed by atoms with Crippen molar-refractivity contribution in [2.45, 2.75) is 23.8 Å². The zero-order valence-electron chi connectivity index (χ0n) is 16.3. The summed E-state index contributed by atoms with van der Waals surface area (Å²) in [7, 11) is 3.35. The van der Waals surface area contributed by atoms with Crippen molar-refractivity contribution in [2.24, 2.45) is 0 Å². The molecule has 2 heterocycles. The van der Waals surface area contributed by atoms with Crippen molar-refractivity contribution in [1.82, 2.24) is 19.4 Å². The summed E-state index contributed by atoms with van der Waals surface area (Å²) in [5.74, 6) is -0.433. The van der Waals surface area contributed by atoms with Crippen molar-refractivity contribution in [2.75, 3.05) is 19.4 Å². The fourth-order valence-corrected chi connectivity index (χ4v) is 3.59. The van der Waals surface area contributed by atoms with E-state index in [1.807, 2.05) is 0 Å². The third kappa shape index (κ3) is 3.99. The Morgan fingerprint density at radius 3 is 2.53 bits per heavy atom. The van der Waals surface area contributed by atoms with Gasteiger partial charge < -0.3 is 10.2 Å². The van der Waals surface area contributed by atoms with Crippen LogP contribution in [-0.2, 0) is 0 Å². The second-order valence-corrected chi connectivity index (χ2v) is 8.22. The number of aromatic amines is 1. The van der Waals surface area contributed by atoms with Gasteiger partial charge in [0.2, 0.25) is 0 Å². The van der Waals surface area contributed by atoms with Crippen LogP contribution in [-0.4, -0.2) is 44.7 Å². The van der Waals surface area contributed by atoms with E-state index in [2.05, 4.69) is 15.3 Å². The Bertz CT molecular complexity index is 1260. The Morgan fingerprint density at radius 2 is 1.90 bits per heavy atom. The Balaban J connectivity index is 1.56. The molecular weight excluding hydrogens is 406 g/mol. The molecule has 0 saturated heterocycles. The lowest BCUT2D eigenvalue weighted by Crippen LogP contribution is -2.30. The molecule has 0 atom stereocenters. The highest BCUT2D eigenvalue weighted by molar-refractivity contribution is 8.13. The molecule has 154 valence electrons. The van der Waals surface area contributed by atoms with Crippen molar-refractivity contribution in [3.8, 4) is 0 Å². The summed E-state index contributed by atoms with van der Waals surface area (Å²) in [6.45, 7) is 0. The Labute approximate surface area is 175 Å². The van der Waals surface area contributed by atoms with Gasteiger partial charge in [-0.2, -0.15) is 0 Å². The van der Waals surface area contributed by atoms with Gasteiger partial charge in [0.15, 0.2) is 0 Å². The number of anilines is 1. The molecule has 3 aromatic rings. The normalized spacial score (nSPS) is 13.3. The number of fused-ring (bicyclic) bond motifs is 1. The first-order chi connectivity index (χ1) is 14.3. The lowest BCUT2D eigenvalue weighted by Gasteiger charge is -2.10. The minimum atomic E-state index is -0.569. The first-order valence-electron chi connectivity index (χ1n) is 9.28. The Kier molecular flexibility index (Phi) is 5.17. The third-order valence-corrected chi connectivity index (χ3v) is 5.68. The summed E-state index contributed by atoms with van der Waals surface area (Å²) in [6, 6.07) is 8.33. The second kappa shape index (κ2) is 7.79. The quantitative estimate of drug-likeness (QED) is 0.620. The van der Waals surface area contributed by atoms with E-state index in [4.69, 9.17) is 0 Å². The highest BCUT2D eigenvalue weighted by Gasteiger charge is 2.27. The Hall–Kier alpha value is -3.40. The zero-order chi connectivity index (χ0) is 21.4. The summed E-state index contributed by atoms with van der Waals surface area (Å²) < 4.78 is 1.48. The number of thioether (sulfide) groups is 1. The molecule has 2 N–H and O–H groups in total. The maximum absolute atomic E-state index is 12.6.